The van der Waals surface area contributed by atoms with E-state index in [0.717, 1.165) is 22.1 Å². The number of nitrogens with zero attached hydrogens (tertiary/aromatic N) is 2. The van der Waals surface area contributed by atoms with Crippen molar-refractivity contribution in [1.82, 2.24) is 10.1 Å². The minimum absolute atomic E-state index is 0.693. The van der Waals surface area contributed by atoms with Gasteiger partial charge in [-0.25, -0.2) is 0 Å². The summed E-state index contributed by atoms with van der Waals surface area (Å²) in [5.74, 6) is 1.59. The molecule has 0 bridgehead atoms. The van der Waals surface area contributed by atoms with Gasteiger partial charge in [0.05, 0.1) is 23.3 Å². The minimum Gasteiger partial charge on any atom is -0.397 e. The van der Waals surface area contributed by atoms with Gasteiger partial charge in [-0.1, -0.05) is 5.16 Å². The molecular weight excluding hydrogens is 210 g/mol. The van der Waals surface area contributed by atoms with Crippen molar-refractivity contribution < 1.29 is 4.52 Å². The molecule has 78 valence electrons. The third kappa shape index (κ3) is 2.50. The average molecular weight is 221 g/mol. The van der Waals surface area contributed by atoms with Crippen LogP contribution in [0.15, 0.2) is 33.9 Å². The van der Waals surface area contributed by atoms with Crippen LogP contribution in [-0.4, -0.2) is 10.1 Å². The van der Waals surface area contributed by atoms with Crippen molar-refractivity contribution in [3.8, 4) is 0 Å². The van der Waals surface area contributed by atoms with Gasteiger partial charge < -0.3 is 10.3 Å². The van der Waals surface area contributed by atoms with Gasteiger partial charge in [0.1, 0.15) is 5.76 Å². The second-order valence-corrected chi connectivity index (χ2v) is 4.15. The summed E-state index contributed by atoms with van der Waals surface area (Å²) >= 11 is 1.61. The lowest BCUT2D eigenvalue weighted by atomic mass is 10.4. The lowest BCUT2D eigenvalue weighted by Crippen LogP contribution is -1.89. The molecule has 15 heavy (non-hydrogen) atoms. The molecule has 0 aliphatic rings. The van der Waals surface area contributed by atoms with Crippen molar-refractivity contribution in [2.45, 2.75) is 17.6 Å². The Morgan fingerprint density at radius 1 is 1.53 bits per heavy atom. The molecule has 2 heterocycles. The van der Waals surface area contributed by atoms with Gasteiger partial charge in [0.25, 0.3) is 0 Å². The average Bonchev–Trinajstić information content (AvgIpc) is 2.63. The molecule has 0 saturated heterocycles. The Hall–Kier alpha value is -1.49. The molecule has 0 saturated carbocycles. The van der Waals surface area contributed by atoms with Crippen LogP contribution in [0.4, 0.5) is 5.69 Å². The molecule has 0 unspecified atom stereocenters. The molecule has 0 radical (unpaired) electrons. The molecule has 0 spiro atoms. The van der Waals surface area contributed by atoms with Crippen molar-refractivity contribution in [3.05, 3.63) is 36.0 Å². The summed E-state index contributed by atoms with van der Waals surface area (Å²) in [5.41, 5.74) is 7.35. The van der Waals surface area contributed by atoms with Gasteiger partial charge in [-0.2, -0.15) is 0 Å². The molecule has 5 heteroatoms. The summed E-state index contributed by atoms with van der Waals surface area (Å²) in [5, 5.41) is 3.82. The van der Waals surface area contributed by atoms with Crippen LogP contribution in [-0.2, 0) is 5.75 Å². The summed E-state index contributed by atoms with van der Waals surface area (Å²) < 4.78 is 5.10. The number of aryl methyl sites for hydroxylation is 1. The second-order valence-electron chi connectivity index (χ2n) is 3.14. The number of nitrogen functional groups attached to an aromatic ring is 1. The highest BCUT2D eigenvalue weighted by Gasteiger charge is 2.03. The van der Waals surface area contributed by atoms with E-state index in [9.17, 15) is 0 Å². The highest BCUT2D eigenvalue weighted by molar-refractivity contribution is 7.98. The number of pyridine rings is 1. The number of hydrogen-bond donors (Lipinski definition) is 1. The van der Waals surface area contributed by atoms with Crippen LogP contribution in [0.3, 0.4) is 0 Å². The summed E-state index contributed by atoms with van der Waals surface area (Å²) in [6, 6.07) is 3.81. The Bertz CT molecular complexity index is 455. The molecule has 0 aliphatic carbocycles. The summed E-state index contributed by atoms with van der Waals surface area (Å²) in [4.78, 5) is 4.94. The van der Waals surface area contributed by atoms with E-state index in [2.05, 4.69) is 10.1 Å². The number of nitrogens with two attached hydrogens (primary N) is 1. The van der Waals surface area contributed by atoms with E-state index in [-0.39, 0.29) is 0 Å². The maximum absolute atomic E-state index is 5.76. The van der Waals surface area contributed by atoms with Crippen LogP contribution < -0.4 is 5.73 Å². The highest BCUT2D eigenvalue weighted by Crippen LogP contribution is 2.26. The maximum Gasteiger partial charge on any atom is 0.147 e. The van der Waals surface area contributed by atoms with Gasteiger partial charge in [0.2, 0.25) is 0 Å². The Morgan fingerprint density at radius 3 is 3.07 bits per heavy atom. The van der Waals surface area contributed by atoms with Crippen molar-refractivity contribution >= 4 is 17.4 Å². The van der Waals surface area contributed by atoms with Gasteiger partial charge in [-0.3, -0.25) is 4.98 Å². The fourth-order valence-corrected chi connectivity index (χ4v) is 1.97. The zero-order valence-corrected chi connectivity index (χ0v) is 9.12. The topological polar surface area (TPSA) is 64.9 Å². The van der Waals surface area contributed by atoms with Crippen LogP contribution in [0, 0.1) is 6.92 Å². The standard InChI is InChI=1S/C10H11N3OS/c1-7-4-8(14-13-7)6-15-10-2-3-12-5-9(10)11/h2-5H,6,11H2,1H3. The van der Waals surface area contributed by atoms with Crippen molar-refractivity contribution in [1.29, 1.82) is 0 Å². The Morgan fingerprint density at radius 2 is 2.40 bits per heavy atom. The normalized spacial score (nSPS) is 10.5. The van der Waals surface area contributed by atoms with E-state index in [1.807, 2.05) is 19.1 Å². The van der Waals surface area contributed by atoms with E-state index in [0.29, 0.717) is 5.69 Å². The fourth-order valence-electron chi connectivity index (χ4n) is 1.16. The first-order valence-electron chi connectivity index (χ1n) is 4.50. The van der Waals surface area contributed by atoms with E-state index in [1.165, 1.54) is 0 Å². The van der Waals surface area contributed by atoms with Gasteiger partial charge in [0.15, 0.2) is 0 Å². The van der Waals surface area contributed by atoms with Crippen LogP contribution >= 0.6 is 11.8 Å². The quantitative estimate of drug-likeness (QED) is 0.805. The number of thioether (sulfide) groups is 1. The third-order valence-corrected chi connectivity index (χ3v) is 2.97. The third-order valence-electron chi connectivity index (χ3n) is 1.86. The molecule has 0 aromatic carbocycles. The lowest BCUT2D eigenvalue weighted by Gasteiger charge is -2.01. The van der Waals surface area contributed by atoms with Crippen molar-refractivity contribution in [2.24, 2.45) is 0 Å². The largest absolute Gasteiger partial charge is 0.397 e. The SMILES string of the molecule is Cc1cc(CSc2ccncc2N)on1. The molecule has 0 fully saturated rings. The smallest absolute Gasteiger partial charge is 0.147 e. The van der Waals surface area contributed by atoms with Crippen LogP contribution in [0.25, 0.3) is 0 Å². The molecule has 2 aromatic heterocycles. The highest BCUT2D eigenvalue weighted by atomic mass is 32.2. The van der Waals surface area contributed by atoms with Gasteiger partial charge in [-0.05, 0) is 13.0 Å². The second kappa shape index (κ2) is 4.35. The van der Waals surface area contributed by atoms with Crippen molar-refractivity contribution in [2.75, 3.05) is 5.73 Å². The molecule has 0 amide bonds. The molecule has 0 atom stereocenters. The summed E-state index contributed by atoms with van der Waals surface area (Å²) in [7, 11) is 0. The van der Waals surface area contributed by atoms with Gasteiger partial charge >= 0.3 is 0 Å². The first-order valence-corrected chi connectivity index (χ1v) is 5.49. The Balaban J connectivity index is 2.02. The van der Waals surface area contributed by atoms with Crippen LogP contribution in [0.1, 0.15) is 11.5 Å². The summed E-state index contributed by atoms with van der Waals surface area (Å²) in [6.45, 7) is 1.90. The molecule has 2 rings (SSSR count). The minimum atomic E-state index is 0.693. The maximum atomic E-state index is 5.76. The Labute approximate surface area is 91.9 Å². The van der Waals surface area contributed by atoms with Crippen LogP contribution in [0.5, 0.6) is 0 Å². The molecular formula is C10H11N3OS. The number of aromatic nitrogens is 2. The Kier molecular flexibility index (Phi) is 2.91. The van der Waals surface area contributed by atoms with E-state index >= 15 is 0 Å². The monoisotopic (exact) mass is 221 g/mol. The van der Waals surface area contributed by atoms with Crippen LogP contribution in [0.2, 0.25) is 0 Å². The van der Waals surface area contributed by atoms with E-state index in [1.54, 1.807) is 24.2 Å². The fraction of sp³-hybridized carbons (Fsp3) is 0.200. The first kappa shape index (κ1) is 10.0. The zero-order valence-electron chi connectivity index (χ0n) is 8.30. The predicted octanol–water partition coefficient (Wildman–Crippen LogP) is 2.25. The first-order chi connectivity index (χ1) is 7.25. The molecule has 0 aliphatic heterocycles. The molecule has 4 nitrogen and oxygen atoms in total. The predicted molar refractivity (Wildman–Crippen MR) is 59.5 cm³/mol. The summed E-state index contributed by atoms with van der Waals surface area (Å²) in [6.07, 6.45) is 3.37. The number of anilines is 1. The molecule has 2 N–H and O–H groups in total. The van der Waals surface area contributed by atoms with Gasteiger partial charge in [-0.15, -0.1) is 11.8 Å². The number of hydrogen-bond acceptors (Lipinski definition) is 5. The molecule has 2 aromatic rings. The van der Waals surface area contributed by atoms with E-state index in [4.69, 9.17) is 10.3 Å². The zero-order chi connectivity index (χ0) is 10.7. The van der Waals surface area contributed by atoms with E-state index < -0.39 is 0 Å². The number of rotatable bonds is 3. The van der Waals surface area contributed by atoms with Gasteiger partial charge in [0, 0.05) is 17.2 Å². The lowest BCUT2D eigenvalue weighted by molar-refractivity contribution is 0.391. The van der Waals surface area contributed by atoms with Crippen molar-refractivity contribution in [3.63, 3.8) is 0 Å².